The monoisotopic (exact) mass is 248 g/mol. The van der Waals surface area contributed by atoms with Crippen LogP contribution in [0.5, 0.6) is 0 Å². The van der Waals surface area contributed by atoms with E-state index in [0.29, 0.717) is 0 Å². The number of alkyl halides is 3. The summed E-state index contributed by atoms with van der Waals surface area (Å²) in [5.74, 6) is -0.961. The minimum absolute atomic E-state index is 0.0935. The number of rotatable bonds is 0. The summed E-state index contributed by atoms with van der Waals surface area (Å²) >= 11 is 0. The van der Waals surface area contributed by atoms with Crippen LogP contribution in [-0.2, 0) is 0 Å². The van der Waals surface area contributed by atoms with E-state index in [1.807, 2.05) is 0 Å². The Labute approximate surface area is 93.8 Å². The van der Waals surface area contributed by atoms with Gasteiger partial charge < -0.3 is 10.6 Å². The topological polar surface area (TPSA) is 41.1 Å². The first-order valence-corrected chi connectivity index (χ1v) is 4.74. The van der Waals surface area contributed by atoms with Crippen LogP contribution in [0.2, 0.25) is 0 Å². The van der Waals surface area contributed by atoms with E-state index in [1.165, 1.54) is 19.1 Å². The standard InChI is InChI=1S/C10H8F4N2O/c1-4-2-3-5-6(7(4)11)8(10(12,13)14)16-9(17)15-5/h2-3,8H,1H3,(H2,15,16,17). The van der Waals surface area contributed by atoms with Gasteiger partial charge in [0.25, 0.3) is 0 Å². The Morgan fingerprint density at radius 1 is 1.29 bits per heavy atom. The highest BCUT2D eigenvalue weighted by molar-refractivity contribution is 5.93. The molecule has 1 aromatic carbocycles. The van der Waals surface area contributed by atoms with Crippen molar-refractivity contribution in [1.29, 1.82) is 0 Å². The van der Waals surface area contributed by atoms with Crippen molar-refractivity contribution in [2.75, 3.05) is 5.32 Å². The van der Waals surface area contributed by atoms with Gasteiger partial charge in [0.15, 0.2) is 6.04 Å². The number of aryl methyl sites for hydroxylation is 1. The van der Waals surface area contributed by atoms with Crippen molar-refractivity contribution in [3.05, 3.63) is 29.1 Å². The summed E-state index contributed by atoms with van der Waals surface area (Å²) in [5, 5.41) is 3.81. The molecule has 0 saturated carbocycles. The van der Waals surface area contributed by atoms with Crippen LogP contribution in [0.4, 0.5) is 28.0 Å². The SMILES string of the molecule is Cc1ccc2c(c1F)C(C(F)(F)F)NC(=O)N2. The lowest BCUT2D eigenvalue weighted by atomic mass is 9.99. The molecule has 0 radical (unpaired) electrons. The number of hydrogen-bond donors (Lipinski definition) is 2. The number of fused-ring (bicyclic) bond motifs is 1. The lowest BCUT2D eigenvalue weighted by molar-refractivity contribution is -0.155. The first-order chi connectivity index (χ1) is 7.80. The molecule has 0 fully saturated rings. The van der Waals surface area contributed by atoms with Crippen LogP contribution in [0.3, 0.4) is 0 Å². The molecular weight excluding hydrogens is 240 g/mol. The van der Waals surface area contributed by atoms with Gasteiger partial charge in [-0.15, -0.1) is 0 Å². The molecule has 1 aliphatic heterocycles. The number of halogens is 4. The van der Waals surface area contributed by atoms with Gasteiger partial charge in [-0.25, -0.2) is 9.18 Å². The van der Waals surface area contributed by atoms with E-state index in [9.17, 15) is 22.4 Å². The molecule has 0 aliphatic carbocycles. The van der Waals surface area contributed by atoms with Gasteiger partial charge in [0, 0.05) is 5.56 Å². The highest BCUT2D eigenvalue weighted by Crippen LogP contribution is 2.40. The van der Waals surface area contributed by atoms with Gasteiger partial charge >= 0.3 is 12.2 Å². The van der Waals surface area contributed by atoms with Crippen molar-refractivity contribution in [3.63, 3.8) is 0 Å². The lowest BCUT2D eigenvalue weighted by Gasteiger charge is -2.29. The Morgan fingerprint density at radius 3 is 2.53 bits per heavy atom. The summed E-state index contributed by atoms with van der Waals surface area (Å²) in [6.07, 6.45) is -4.73. The second-order valence-corrected chi connectivity index (χ2v) is 3.73. The Bertz CT molecular complexity index is 484. The number of amides is 2. The van der Waals surface area contributed by atoms with Crippen LogP contribution in [0.1, 0.15) is 17.2 Å². The fourth-order valence-electron chi connectivity index (χ4n) is 1.70. The number of urea groups is 1. The number of nitrogens with one attached hydrogen (secondary N) is 2. The third-order valence-electron chi connectivity index (χ3n) is 2.51. The maximum absolute atomic E-state index is 13.7. The summed E-state index contributed by atoms with van der Waals surface area (Å²) in [4.78, 5) is 11.0. The maximum Gasteiger partial charge on any atom is 0.413 e. The predicted octanol–water partition coefficient (Wildman–Crippen LogP) is 2.87. The van der Waals surface area contributed by atoms with E-state index >= 15 is 0 Å². The molecule has 1 heterocycles. The molecule has 0 spiro atoms. The molecule has 92 valence electrons. The van der Waals surface area contributed by atoms with Crippen molar-refractivity contribution in [2.24, 2.45) is 0 Å². The number of carbonyl (C=O) groups is 1. The van der Waals surface area contributed by atoms with Gasteiger partial charge in [-0.2, -0.15) is 13.2 Å². The minimum Gasteiger partial charge on any atom is -0.322 e. The molecule has 0 saturated heterocycles. The number of anilines is 1. The van der Waals surface area contributed by atoms with Gasteiger partial charge in [-0.3, -0.25) is 0 Å². The molecule has 1 aliphatic rings. The quantitative estimate of drug-likeness (QED) is 0.681. The predicted molar refractivity (Wildman–Crippen MR) is 52.1 cm³/mol. The fourth-order valence-corrected chi connectivity index (χ4v) is 1.70. The summed E-state index contributed by atoms with van der Waals surface area (Å²) in [6, 6.07) is -0.743. The molecule has 1 aromatic rings. The van der Waals surface area contributed by atoms with Crippen molar-refractivity contribution in [2.45, 2.75) is 19.1 Å². The highest BCUT2D eigenvalue weighted by Gasteiger charge is 2.46. The zero-order chi connectivity index (χ0) is 12.8. The van der Waals surface area contributed by atoms with Crippen LogP contribution in [0, 0.1) is 12.7 Å². The van der Waals surface area contributed by atoms with Gasteiger partial charge in [0.1, 0.15) is 5.82 Å². The van der Waals surface area contributed by atoms with Crippen molar-refractivity contribution in [1.82, 2.24) is 5.32 Å². The first kappa shape index (κ1) is 11.7. The molecule has 7 heteroatoms. The van der Waals surface area contributed by atoms with Crippen LogP contribution in [0.15, 0.2) is 12.1 Å². The van der Waals surface area contributed by atoms with Gasteiger partial charge in [-0.05, 0) is 18.6 Å². The number of carbonyl (C=O) groups excluding carboxylic acids is 1. The molecule has 1 atom stereocenters. The van der Waals surface area contributed by atoms with Crippen molar-refractivity contribution < 1.29 is 22.4 Å². The third kappa shape index (κ3) is 1.92. The Balaban J connectivity index is 2.62. The van der Waals surface area contributed by atoms with Crippen molar-refractivity contribution in [3.8, 4) is 0 Å². The third-order valence-corrected chi connectivity index (χ3v) is 2.51. The average Bonchev–Trinajstić information content (AvgIpc) is 2.21. The molecule has 3 nitrogen and oxygen atoms in total. The van der Waals surface area contributed by atoms with E-state index in [-0.39, 0.29) is 11.3 Å². The van der Waals surface area contributed by atoms with E-state index in [2.05, 4.69) is 5.32 Å². The van der Waals surface area contributed by atoms with Crippen LogP contribution in [-0.4, -0.2) is 12.2 Å². The first-order valence-electron chi connectivity index (χ1n) is 4.74. The van der Waals surface area contributed by atoms with E-state index in [0.717, 1.165) is 0 Å². The Morgan fingerprint density at radius 2 is 1.94 bits per heavy atom. The Hall–Kier alpha value is -1.79. The van der Waals surface area contributed by atoms with E-state index in [1.54, 1.807) is 5.32 Å². The molecule has 1 unspecified atom stereocenters. The number of hydrogen-bond acceptors (Lipinski definition) is 1. The van der Waals surface area contributed by atoms with E-state index < -0.39 is 29.6 Å². The smallest absolute Gasteiger partial charge is 0.322 e. The largest absolute Gasteiger partial charge is 0.413 e. The zero-order valence-electron chi connectivity index (χ0n) is 8.65. The summed E-state index contributed by atoms with van der Waals surface area (Å²) in [7, 11) is 0. The highest BCUT2D eigenvalue weighted by atomic mass is 19.4. The van der Waals surface area contributed by atoms with Crippen LogP contribution in [0.25, 0.3) is 0 Å². The molecule has 17 heavy (non-hydrogen) atoms. The summed E-state index contributed by atoms with van der Waals surface area (Å²) < 4.78 is 51.8. The lowest BCUT2D eigenvalue weighted by Crippen LogP contribution is -2.45. The molecule has 0 bridgehead atoms. The zero-order valence-corrected chi connectivity index (χ0v) is 8.65. The summed E-state index contributed by atoms with van der Waals surface area (Å²) in [5.41, 5.74) is -0.632. The van der Waals surface area contributed by atoms with Gasteiger partial charge in [-0.1, -0.05) is 6.07 Å². The van der Waals surface area contributed by atoms with E-state index in [4.69, 9.17) is 0 Å². The normalized spacial score (nSPS) is 19.4. The van der Waals surface area contributed by atoms with Crippen LogP contribution >= 0.6 is 0 Å². The number of benzene rings is 1. The Kier molecular flexibility index (Phi) is 2.48. The van der Waals surface area contributed by atoms with Gasteiger partial charge in [0.2, 0.25) is 0 Å². The molecule has 2 rings (SSSR count). The minimum atomic E-state index is -4.73. The molecule has 0 aromatic heterocycles. The summed E-state index contributed by atoms with van der Waals surface area (Å²) in [6.45, 7) is 1.36. The van der Waals surface area contributed by atoms with Crippen LogP contribution < -0.4 is 10.6 Å². The second-order valence-electron chi connectivity index (χ2n) is 3.73. The average molecular weight is 248 g/mol. The maximum atomic E-state index is 13.7. The molecule has 2 N–H and O–H groups in total. The fraction of sp³-hybridized carbons (Fsp3) is 0.300. The molecular formula is C10H8F4N2O. The van der Waals surface area contributed by atoms with Gasteiger partial charge in [0.05, 0.1) is 5.69 Å². The second kappa shape index (κ2) is 3.61. The van der Waals surface area contributed by atoms with Crippen molar-refractivity contribution >= 4 is 11.7 Å². The molecule has 2 amide bonds.